The highest BCUT2D eigenvalue weighted by Crippen LogP contribution is 2.32. The minimum absolute atomic E-state index is 0.204. The van der Waals surface area contributed by atoms with Gasteiger partial charge >= 0.3 is 0 Å². The first-order valence-electron chi connectivity index (χ1n) is 6.51. The quantitative estimate of drug-likeness (QED) is 0.803. The van der Waals surface area contributed by atoms with Crippen LogP contribution in [0.5, 0.6) is 0 Å². The fourth-order valence-electron chi connectivity index (χ4n) is 3.06. The Labute approximate surface area is 111 Å². The standard InChI is InChI=1S/C14H17FN2S/c1-9-2-3-10(6-9)8-17-13-7-11(15)4-5-12(13)16-14(17)18/h4-5,7,9-10H,2-3,6,8H2,1H3,(H,16,18). The van der Waals surface area contributed by atoms with Crippen molar-refractivity contribution in [3.63, 3.8) is 0 Å². The second-order valence-electron chi connectivity index (χ2n) is 5.49. The van der Waals surface area contributed by atoms with Crippen molar-refractivity contribution < 1.29 is 4.39 Å². The van der Waals surface area contributed by atoms with Crippen molar-refractivity contribution >= 4 is 23.3 Å². The molecule has 1 N–H and O–H groups in total. The van der Waals surface area contributed by atoms with Gasteiger partial charge in [0.1, 0.15) is 5.82 Å². The topological polar surface area (TPSA) is 20.7 Å². The maximum absolute atomic E-state index is 13.3. The molecule has 1 aromatic heterocycles. The monoisotopic (exact) mass is 264 g/mol. The predicted octanol–water partition coefficient (Wildman–Crippen LogP) is 4.27. The smallest absolute Gasteiger partial charge is 0.178 e. The number of rotatable bonds is 2. The zero-order chi connectivity index (χ0) is 12.7. The van der Waals surface area contributed by atoms with E-state index >= 15 is 0 Å². The zero-order valence-electron chi connectivity index (χ0n) is 10.4. The van der Waals surface area contributed by atoms with Crippen LogP contribution in [0.4, 0.5) is 4.39 Å². The van der Waals surface area contributed by atoms with Gasteiger partial charge < -0.3 is 9.55 Å². The Balaban J connectivity index is 1.98. The molecule has 4 heteroatoms. The van der Waals surface area contributed by atoms with Crippen LogP contribution in [0.15, 0.2) is 18.2 Å². The molecule has 2 atom stereocenters. The number of hydrogen-bond acceptors (Lipinski definition) is 1. The summed E-state index contributed by atoms with van der Waals surface area (Å²) in [6.07, 6.45) is 3.81. The number of imidazole rings is 1. The van der Waals surface area contributed by atoms with Crippen molar-refractivity contribution in [1.82, 2.24) is 9.55 Å². The highest BCUT2D eigenvalue weighted by molar-refractivity contribution is 7.71. The number of aromatic amines is 1. The first-order chi connectivity index (χ1) is 8.63. The van der Waals surface area contributed by atoms with Gasteiger partial charge in [0.05, 0.1) is 11.0 Å². The van der Waals surface area contributed by atoms with E-state index in [4.69, 9.17) is 12.2 Å². The van der Waals surface area contributed by atoms with E-state index in [1.54, 1.807) is 12.1 Å². The highest BCUT2D eigenvalue weighted by atomic mass is 32.1. The molecule has 1 aliphatic carbocycles. The Morgan fingerprint density at radius 2 is 2.28 bits per heavy atom. The number of nitrogens with zero attached hydrogens (tertiary/aromatic N) is 1. The van der Waals surface area contributed by atoms with Crippen molar-refractivity contribution in [2.45, 2.75) is 32.7 Å². The normalized spacial score (nSPS) is 23.9. The molecule has 1 fully saturated rings. The first kappa shape index (κ1) is 11.9. The molecule has 2 nitrogen and oxygen atoms in total. The van der Waals surface area contributed by atoms with E-state index in [-0.39, 0.29) is 5.82 Å². The third-order valence-electron chi connectivity index (χ3n) is 3.98. The van der Waals surface area contributed by atoms with Crippen LogP contribution < -0.4 is 0 Å². The summed E-state index contributed by atoms with van der Waals surface area (Å²) in [5.41, 5.74) is 1.81. The van der Waals surface area contributed by atoms with Crippen molar-refractivity contribution in [3.05, 3.63) is 28.8 Å². The van der Waals surface area contributed by atoms with Crippen LogP contribution >= 0.6 is 12.2 Å². The Hall–Kier alpha value is -1.16. The van der Waals surface area contributed by atoms with Crippen molar-refractivity contribution in [2.75, 3.05) is 0 Å². The third-order valence-corrected chi connectivity index (χ3v) is 4.30. The lowest BCUT2D eigenvalue weighted by Crippen LogP contribution is -2.08. The van der Waals surface area contributed by atoms with Gasteiger partial charge in [-0.1, -0.05) is 13.3 Å². The minimum Gasteiger partial charge on any atom is -0.331 e. The number of fused-ring (bicyclic) bond motifs is 1. The second-order valence-corrected chi connectivity index (χ2v) is 5.87. The molecule has 1 aromatic carbocycles. The fourth-order valence-corrected chi connectivity index (χ4v) is 3.34. The van der Waals surface area contributed by atoms with E-state index in [0.29, 0.717) is 10.7 Å². The largest absolute Gasteiger partial charge is 0.331 e. The van der Waals surface area contributed by atoms with Gasteiger partial charge in [0.25, 0.3) is 0 Å². The fraction of sp³-hybridized carbons (Fsp3) is 0.500. The number of benzene rings is 1. The van der Waals surface area contributed by atoms with Gasteiger partial charge in [-0.05, 0) is 55.1 Å². The van der Waals surface area contributed by atoms with E-state index in [0.717, 1.165) is 23.5 Å². The number of hydrogen-bond donors (Lipinski definition) is 1. The average Bonchev–Trinajstić information content (AvgIpc) is 2.86. The summed E-state index contributed by atoms with van der Waals surface area (Å²) in [5.74, 6) is 1.28. The average molecular weight is 264 g/mol. The molecule has 1 heterocycles. The third kappa shape index (κ3) is 2.09. The van der Waals surface area contributed by atoms with Gasteiger partial charge in [-0.3, -0.25) is 0 Å². The minimum atomic E-state index is -0.204. The molecule has 0 radical (unpaired) electrons. The molecule has 0 aliphatic heterocycles. The van der Waals surface area contributed by atoms with E-state index in [1.165, 1.54) is 25.3 Å². The van der Waals surface area contributed by atoms with Crippen molar-refractivity contribution in [1.29, 1.82) is 0 Å². The molecule has 2 aromatic rings. The molecule has 0 saturated heterocycles. The van der Waals surface area contributed by atoms with E-state index in [1.807, 2.05) is 0 Å². The number of H-pyrrole nitrogens is 1. The maximum atomic E-state index is 13.3. The highest BCUT2D eigenvalue weighted by Gasteiger charge is 2.22. The molecule has 18 heavy (non-hydrogen) atoms. The van der Waals surface area contributed by atoms with Crippen molar-refractivity contribution in [2.24, 2.45) is 11.8 Å². The van der Waals surface area contributed by atoms with Crippen LogP contribution in [0, 0.1) is 22.4 Å². The molecule has 0 spiro atoms. The van der Waals surface area contributed by atoms with Crippen LogP contribution in [0.25, 0.3) is 11.0 Å². The van der Waals surface area contributed by atoms with E-state index in [2.05, 4.69) is 16.5 Å². The molecule has 0 bridgehead atoms. The molecule has 3 rings (SSSR count). The summed E-state index contributed by atoms with van der Waals surface area (Å²) in [6, 6.07) is 4.80. The van der Waals surface area contributed by atoms with Crippen LogP contribution in [0.2, 0.25) is 0 Å². The molecular formula is C14H17FN2S. The SMILES string of the molecule is CC1CCC(Cn2c(=S)[nH]c3ccc(F)cc32)C1. The number of nitrogens with one attached hydrogen (secondary N) is 1. The Kier molecular flexibility index (Phi) is 2.98. The lowest BCUT2D eigenvalue weighted by molar-refractivity contribution is 0.444. The summed E-state index contributed by atoms with van der Waals surface area (Å²) in [7, 11) is 0. The predicted molar refractivity (Wildman–Crippen MR) is 73.6 cm³/mol. The Bertz CT molecular complexity index is 628. The number of aromatic nitrogens is 2. The summed E-state index contributed by atoms with van der Waals surface area (Å²) >= 11 is 5.35. The molecule has 1 aliphatic rings. The zero-order valence-corrected chi connectivity index (χ0v) is 11.3. The first-order valence-corrected chi connectivity index (χ1v) is 6.92. The van der Waals surface area contributed by atoms with E-state index < -0.39 is 0 Å². The Morgan fingerprint density at radius 1 is 1.44 bits per heavy atom. The van der Waals surface area contributed by atoms with E-state index in [9.17, 15) is 4.39 Å². The summed E-state index contributed by atoms with van der Waals surface area (Å²) in [5, 5.41) is 0. The van der Waals surface area contributed by atoms with Crippen molar-refractivity contribution in [3.8, 4) is 0 Å². The summed E-state index contributed by atoms with van der Waals surface area (Å²) in [6.45, 7) is 3.21. The van der Waals surface area contributed by atoms with Gasteiger partial charge in [0.15, 0.2) is 4.77 Å². The molecular weight excluding hydrogens is 247 g/mol. The van der Waals surface area contributed by atoms with Gasteiger partial charge in [-0.15, -0.1) is 0 Å². The maximum Gasteiger partial charge on any atom is 0.178 e. The van der Waals surface area contributed by atoms with Gasteiger partial charge in [0, 0.05) is 6.54 Å². The van der Waals surface area contributed by atoms with Gasteiger partial charge in [-0.2, -0.15) is 0 Å². The van der Waals surface area contributed by atoms with Crippen LogP contribution in [-0.2, 0) is 6.54 Å². The lowest BCUT2D eigenvalue weighted by atomic mass is 10.1. The van der Waals surface area contributed by atoms with Crippen LogP contribution in [0.3, 0.4) is 0 Å². The summed E-state index contributed by atoms with van der Waals surface area (Å²) in [4.78, 5) is 3.15. The molecule has 1 saturated carbocycles. The summed E-state index contributed by atoms with van der Waals surface area (Å²) < 4.78 is 16.1. The molecule has 2 unspecified atom stereocenters. The Morgan fingerprint density at radius 3 is 3.00 bits per heavy atom. The molecule has 0 amide bonds. The second kappa shape index (κ2) is 4.50. The van der Waals surface area contributed by atoms with Crippen LogP contribution in [0.1, 0.15) is 26.2 Å². The van der Waals surface area contributed by atoms with Gasteiger partial charge in [-0.25, -0.2) is 4.39 Å². The molecule has 96 valence electrons. The number of halogens is 1. The van der Waals surface area contributed by atoms with Gasteiger partial charge in [0.2, 0.25) is 0 Å². The lowest BCUT2D eigenvalue weighted by Gasteiger charge is -2.11. The van der Waals surface area contributed by atoms with Crippen LogP contribution in [-0.4, -0.2) is 9.55 Å².